The largest absolute Gasteiger partial charge is 0.494 e. The summed E-state index contributed by atoms with van der Waals surface area (Å²) in [5, 5.41) is 3.48. The van der Waals surface area contributed by atoms with E-state index in [1.54, 1.807) is 18.2 Å². The van der Waals surface area contributed by atoms with Crippen LogP contribution in [0.1, 0.15) is 10.4 Å². The second-order valence-corrected chi connectivity index (χ2v) is 5.48. The molecule has 0 radical (unpaired) electrons. The molecular formula is C17H12ClFN2O3. The maximum absolute atomic E-state index is 13.7. The van der Waals surface area contributed by atoms with E-state index in [9.17, 15) is 14.0 Å². The van der Waals surface area contributed by atoms with E-state index < -0.39 is 17.3 Å². The molecule has 2 N–H and O–H groups in total. The first-order valence-corrected chi connectivity index (χ1v) is 7.33. The topological polar surface area (TPSA) is 71.2 Å². The van der Waals surface area contributed by atoms with Crippen LogP contribution in [-0.2, 0) is 0 Å². The number of methoxy groups -OCH3 is 1. The van der Waals surface area contributed by atoms with E-state index in [4.69, 9.17) is 16.3 Å². The Kier molecular flexibility index (Phi) is 4.22. The van der Waals surface area contributed by atoms with E-state index in [1.165, 1.54) is 25.3 Å². The SMILES string of the molecule is COc1ccc(NC(=O)c2cc(=O)[nH]c3ccc(Cl)cc23)cc1F. The summed E-state index contributed by atoms with van der Waals surface area (Å²) in [6.07, 6.45) is 0. The molecule has 1 amide bonds. The van der Waals surface area contributed by atoms with Gasteiger partial charge >= 0.3 is 0 Å². The van der Waals surface area contributed by atoms with Crippen molar-refractivity contribution >= 4 is 34.1 Å². The summed E-state index contributed by atoms with van der Waals surface area (Å²) in [5.41, 5.74) is 0.454. The normalized spacial score (nSPS) is 10.6. The van der Waals surface area contributed by atoms with E-state index in [0.717, 1.165) is 6.07 Å². The fourth-order valence-corrected chi connectivity index (χ4v) is 2.53. The van der Waals surface area contributed by atoms with E-state index in [-0.39, 0.29) is 17.0 Å². The minimum Gasteiger partial charge on any atom is -0.494 e. The highest BCUT2D eigenvalue weighted by atomic mass is 35.5. The Morgan fingerprint density at radius 1 is 1.21 bits per heavy atom. The lowest BCUT2D eigenvalue weighted by Crippen LogP contribution is -2.17. The van der Waals surface area contributed by atoms with Crippen LogP contribution in [0.5, 0.6) is 5.75 Å². The second kappa shape index (κ2) is 6.33. The smallest absolute Gasteiger partial charge is 0.256 e. The van der Waals surface area contributed by atoms with Gasteiger partial charge in [0.2, 0.25) is 5.56 Å². The summed E-state index contributed by atoms with van der Waals surface area (Å²) in [6.45, 7) is 0. The Balaban J connectivity index is 2.01. The van der Waals surface area contributed by atoms with Gasteiger partial charge < -0.3 is 15.0 Å². The van der Waals surface area contributed by atoms with Crippen molar-refractivity contribution in [3.05, 3.63) is 69.2 Å². The van der Waals surface area contributed by atoms with Crippen molar-refractivity contribution in [2.45, 2.75) is 0 Å². The van der Waals surface area contributed by atoms with Crippen LogP contribution in [0, 0.1) is 5.82 Å². The number of rotatable bonds is 3. The van der Waals surface area contributed by atoms with Gasteiger partial charge in [0, 0.05) is 33.7 Å². The van der Waals surface area contributed by atoms with Crippen LogP contribution in [0.3, 0.4) is 0 Å². The van der Waals surface area contributed by atoms with Gasteiger partial charge in [-0.2, -0.15) is 0 Å². The maximum atomic E-state index is 13.7. The Labute approximate surface area is 141 Å². The van der Waals surface area contributed by atoms with Crippen LogP contribution in [0.2, 0.25) is 5.02 Å². The number of fused-ring (bicyclic) bond motifs is 1. The summed E-state index contributed by atoms with van der Waals surface area (Å²) in [7, 11) is 1.35. The second-order valence-electron chi connectivity index (χ2n) is 5.04. The summed E-state index contributed by atoms with van der Waals surface area (Å²) < 4.78 is 18.6. The highest BCUT2D eigenvalue weighted by Gasteiger charge is 2.14. The van der Waals surface area contributed by atoms with Gasteiger partial charge in [-0.3, -0.25) is 9.59 Å². The van der Waals surface area contributed by atoms with Crippen molar-refractivity contribution in [1.29, 1.82) is 0 Å². The van der Waals surface area contributed by atoms with Gasteiger partial charge in [0.05, 0.1) is 12.7 Å². The lowest BCUT2D eigenvalue weighted by atomic mass is 10.1. The van der Waals surface area contributed by atoms with Crippen molar-refractivity contribution in [2.75, 3.05) is 12.4 Å². The highest BCUT2D eigenvalue weighted by Crippen LogP contribution is 2.23. The zero-order valence-corrected chi connectivity index (χ0v) is 13.3. The molecule has 24 heavy (non-hydrogen) atoms. The van der Waals surface area contributed by atoms with Crippen molar-refractivity contribution in [3.63, 3.8) is 0 Å². The monoisotopic (exact) mass is 346 g/mol. The first-order chi connectivity index (χ1) is 11.5. The standard InChI is InChI=1S/C17H12ClFN2O3/c1-24-15-5-3-10(7-13(15)19)20-17(23)12-8-16(22)21-14-4-2-9(18)6-11(12)14/h2-8H,1H3,(H,20,23)(H,21,22). The number of halogens is 2. The fourth-order valence-electron chi connectivity index (χ4n) is 2.36. The quantitative estimate of drug-likeness (QED) is 0.761. The number of H-pyrrole nitrogens is 1. The van der Waals surface area contributed by atoms with Gasteiger partial charge in [-0.05, 0) is 30.3 Å². The third kappa shape index (κ3) is 3.09. The van der Waals surface area contributed by atoms with E-state index in [1.807, 2.05) is 0 Å². The molecule has 0 saturated carbocycles. The first kappa shape index (κ1) is 16.0. The molecule has 0 atom stereocenters. The van der Waals surface area contributed by atoms with Gasteiger partial charge in [0.15, 0.2) is 11.6 Å². The molecule has 1 aromatic heterocycles. The molecule has 122 valence electrons. The molecule has 5 nitrogen and oxygen atoms in total. The zero-order valence-electron chi connectivity index (χ0n) is 12.5. The average Bonchev–Trinajstić information content (AvgIpc) is 2.54. The Morgan fingerprint density at radius 3 is 2.71 bits per heavy atom. The van der Waals surface area contributed by atoms with Crippen LogP contribution in [-0.4, -0.2) is 18.0 Å². The van der Waals surface area contributed by atoms with Gasteiger partial charge in [0.1, 0.15) is 0 Å². The van der Waals surface area contributed by atoms with Crippen molar-refractivity contribution in [1.82, 2.24) is 4.98 Å². The number of hydrogen-bond acceptors (Lipinski definition) is 3. The number of carbonyl (C=O) groups excluding carboxylic acids is 1. The predicted molar refractivity (Wildman–Crippen MR) is 90.5 cm³/mol. The molecule has 1 heterocycles. The van der Waals surface area contributed by atoms with Crippen molar-refractivity contribution in [3.8, 4) is 5.75 Å². The number of carbonyl (C=O) groups is 1. The molecule has 3 aromatic rings. The number of nitrogens with one attached hydrogen (secondary N) is 2. The maximum Gasteiger partial charge on any atom is 0.256 e. The molecule has 0 aliphatic rings. The minimum absolute atomic E-state index is 0.0707. The number of anilines is 1. The molecule has 0 aliphatic heterocycles. The number of hydrogen-bond donors (Lipinski definition) is 2. The number of benzene rings is 2. The van der Waals surface area contributed by atoms with Crippen LogP contribution in [0.25, 0.3) is 10.9 Å². The molecule has 0 unspecified atom stereocenters. The first-order valence-electron chi connectivity index (χ1n) is 6.95. The predicted octanol–water partition coefficient (Wildman–Crippen LogP) is 3.58. The molecule has 0 aliphatic carbocycles. The van der Waals surface area contributed by atoms with Gasteiger partial charge in [-0.1, -0.05) is 11.6 Å². The van der Waals surface area contributed by atoms with Crippen LogP contribution >= 0.6 is 11.6 Å². The molecule has 3 rings (SSSR count). The minimum atomic E-state index is -0.603. The molecule has 2 aromatic carbocycles. The number of aromatic nitrogens is 1. The Morgan fingerprint density at radius 2 is 2.00 bits per heavy atom. The van der Waals surface area contributed by atoms with Crippen molar-refractivity contribution < 1.29 is 13.9 Å². The molecule has 0 fully saturated rings. The molecule has 0 bridgehead atoms. The summed E-state index contributed by atoms with van der Waals surface area (Å²) in [6, 6.07) is 10.0. The van der Waals surface area contributed by atoms with E-state index in [2.05, 4.69) is 10.3 Å². The third-order valence-electron chi connectivity index (χ3n) is 3.46. The lowest BCUT2D eigenvalue weighted by Gasteiger charge is -2.09. The molecule has 0 saturated heterocycles. The van der Waals surface area contributed by atoms with Gasteiger partial charge in [-0.15, -0.1) is 0 Å². The number of ether oxygens (including phenoxy) is 1. The van der Waals surface area contributed by atoms with Crippen LogP contribution in [0.4, 0.5) is 10.1 Å². The lowest BCUT2D eigenvalue weighted by molar-refractivity contribution is 0.102. The number of aromatic amines is 1. The van der Waals surface area contributed by atoms with E-state index >= 15 is 0 Å². The number of amides is 1. The van der Waals surface area contributed by atoms with E-state index in [0.29, 0.717) is 15.9 Å². The third-order valence-corrected chi connectivity index (χ3v) is 3.69. The van der Waals surface area contributed by atoms with Crippen molar-refractivity contribution in [2.24, 2.45) is 0 Å². The summed E-state index contributed by atoms with van der Waals surface area (Å²) >= 11 is 5.96. The molecule has 0 spiro atoms. The Hall–Kier alpha value is -2.86. The van der Waals surface area contributed by atoms with Gasteiger partial charge in [-0.25, -0.2) is 4.39 Å². The highest BCUT2D eigenvalue weighted by molar-refractivity contribution is 6.31. The molecular weight excluding hydrogens is 335 g/mol. The van der Waals surface area contributed by atoms with Crippen LogP contribution < -0.4 is 15.6 Å². The van der Waals surface area contributed by atoms with Gasteiger partial charge in [0.25, 0.3) is 5.91 Å². The summed E-state index contributed by atoms with van der Waals surface area (Å²) in [4.78, 5) is 26.9. The average molecular weight is 347 g/mol. The fraction of sp³-hybridized carbons (Fsp3) is 0.0588. The Bertz CT molecular complexity index is 1000. The summed E-state index contributed by atoms with van der Waals surface area (Å²) in [5.74, 6) is -1.08. The van der Waals surface area contributed by atoms with Crippen LogP contribution in [0.15, 0.2) is 47.3 Å². The zero-order chi connectivity index (χ0) is 17.3. The number of pyridine rings is 1. The molecule has 7 heteroatoms.